The van der Waals surface area contributed by atoms with E-state index >= 15 is 0 Å². The molecule has 28 heavy (non-hydrogen) atoms. The zero-order valence-corrected chi connectivity index (χ0v) is 17.7. The number of ether oxygens (including phenoxy) is 1. The Morgan fingerprint density at radius 1 is 0.786 bits per heavy atom. The van der Waals surface area contributed by atoms with Crippen LogP contribution in [0.4, 0.5) is 0 Å². The molecule has 0 aromatic heterocycles. The highest BCUT2D eigenvalue weighted by atomic mass is 16.6. The van der Waals surface area contributed by atoms with E-state index in [9.17, 15) is 14.4 Å². The molecule has 0 aliphatic heterocycles. The third-order valence-corrected chi connectivity index (χ3v) is 4.49. The number of hydrogen-bond acceptors (Lipinski definition) is 5. The van der Waals surface area contributed by atoms with Crippen LogP contribution in [0.1, 0.15) is 96.8 Å². The Labute approximate surface area is 170 Å². The van der Waals surface area contributed by atoms with Gasteiger partial charge in [-0.2, -0.15) is 0 Å². The Morgan fingerprint density at radius 2 is 1.32 bits per heavy atom. The molecule has 0 atom stereocenters. The monoisotopic (exact) mass is 396 g/mol. The van der Waals surface area contributed by atoms with Crippen molar-refractivity contribution >= 4 is 17.8 Å². The Morgan fingerprint density at radius 3 is 1.89 bits per heavy atom. The van der Waals surface area contributed by atoms with Crippen molar-refractivity contribution in [3.8, 4) is 0 Å². The minimum Gasteiger partial charge on any atom is -0.392 e. The van der Waals surface area contributed by atoms with Gasteiger partial charge in [0, 0.05) is 6.42 Å². The molecule has 0 spiro atoms. The van der Waals surface area contributed by atoms with Crippen molar-refractivity contribution in [2.75, 3.05) is 13.1 Å². The van der Waals surface area contributed by atoms with Crippen molar-refractivity contribution in [3.63, 3.8) is 0 Å². The van der Waals surface area contributed by atoms with Crippen LogP contribution in [-0.2, 0) is 19.1 Å². The SMILES string of the molecule is CCCCCCCC/C=C\CCCCCCCC(=O)OC(=O)CNC(=O)CN. The van der Waals surface area contributed by atoms with E-state index in [2.05, 4.69) is 29.1 Å². The van der Waals surface area contributed by atoms with Gasteiger partial charge in [0.2, 0.25) is 5.91 Å². The van der Waals surface area contributed by atoms with Crippen LogP contribution in [0.2, 0.25) is 0 Å². The van der Waals surface area contributed by atoms with E-state index in [4.69, 9.17) is 5.73 Å². The molecule has 0 aromatic carbocycles. The number of esters is 2. The first-order valence-electron chi connectivity index (χ1n) is 11.0. The minimum atomic E-state index is -0.750. The summed E-state index contributed by atoms with van der Waals surface area (Å²) in [6.45, 7) is 1.72. The molecular weight excluding hydrogens is 356 g/mol. The average Bonchev–Trinajstić information content (AvgIpc) is 2.69. The van der Waals surface area contributed by atoms with Gasteiger partial charge in [0.1, 0.15) is 6.54 Å². The Bertz CT molecular complexity index is 450. The zero-order chi connectivity index (χ0) is 20.9. The predicted octanol–water partition coefficient (Wildman–Crippen LogP) is 4.17. The fraction of sp³-hybridized carbons (Fsp3) is 0.773. The molecule has 0 radical (unpaired) electrons. The van der Waals surface area contributed by atoms with E-state index in [0.717, 1.165) is 32.1 Å². The lowest BCUT2D eigenvalue weighted by Gasteiger charge is -2.04. The number of nitrogens with two attached hydrogens (primary N) is 1. The van der Waals surface area contributed by atoms with E-state index in [1.807, 2.05) is 0 Å². The molecule has 6 heteroatoms. The van der Waals surface area contributed by atoms with Crippen LogP contribution >= 0.6 is 0 Å². The van der Waals surface area contributed by atoms with Crippen molar-refractivity contribution in [2.24, 2.45) is 5.73 Å². The summed E-state index contributed by atoms with van der Waals surface area (Å²) in [4.78, 5) is 33.7. The lowest BCUT2D eigenvalue weighted by Crippen LogP contribution is -2.35. The van der Waals surface area contributed by atoms with Crippen molar-refractivity contribution in [1.82, 2.24) is 5.32 Å². The first kappa shape index (κ1) is 26.3. The molecule has 0 saturated heterocycles. The summed E-state index contributed by atoms with van der Waals surface area (Å²) in [6.07, 6.45) is 20.3. The highest BCUT2D eigenvalue weighted by Gasteiger charge is 2.10. The van der Waals surface area contributed by atoms with Crippen LogP contribution in [-0.4, -0.2) is 30.9 Å². The third-order valence-electron chi connectivity index (χ3n) is 4.49. The molecule has 0 heterocycles. The summed E-state index contributed by atoms with van der Waals surface area (Å²) in [6, 6.07) is 0. The van der Waals surface area contributed by atoms with Crippen LogP contribution < -0.4 is 11.1 Å². The predicted molar refractivity (Wildman–Crippen MR) is 113 cm³/mol. The maximum atomic E-state index is 11.5. The largest absolute Gasteiger partial charge is 0.392 e. The lowest BCUT2D eigenvalue weighted by atomic mass is 10.1. The van der Waals surface area contributed by atoms with Crippen LogP contribution in [0.15, 0.2) is 12.2 Å². The highest BCUT2D eigenvalue weighted by Crippen LogP contribution is 2.10. The summed E-state index contributed by atoms with van der Waals surface area (Å²) in [7, 11) is 0. The molecule has 6 nitrogen and oxygen atoms in total. The van der Waals surface area contributed by atoms with Gasteiger partial charge < -0.3 is 15.8 Å². The van der Waals surface area contributed by atoms with E-state index in [0.29, 0.717) is 0 Å². The first-order chi connectivity index (χ1) is 13.6. The van der Waals surface area contributed by atoms with Crippen molar-refractivity contribution < 1.29 is 19.1 Å². The molecule has 162 valence electrons. The van der Waals surface area contributed by atoms with Crippen molar-refractivity contribution in [3.05, 3.63) is 12.2 Å². The summed E-state index contributed by atoms with van der Waals surface area (Å²) in [5.74, 6) is -1.74. The molecule has 0 unspecified atom stereocenters. The van der Waals surface area contributed by atoms with Gasteiger partial charge in [-0.15, -0.1) is 0 Å². The number of nitrogens with one attached hydrogen (secondary N) is 1. The molecule has 0 aliphatic rings. The second kappa shape index (κ2) is 20.1. The summed E-state index contributed by atoms with van der Waals surface area (Å²) < 4.78 is 4.62. The molecule has 3 N–H and O–H groups in total. The van der Waals surface area contributed by atoms with Gasteiger partial charge in [0.05, 0.1) is 6.54 Å². The average molecular weight is 397 g/mol. The standard InChI is InChI=1S/C22H40N2O4/c1-2-3-4-5-6-7-8-9-10-11-12-13-14-15-16-17-21(26)28-22(27)19-24-20(25)18-23/h9-10H,2-8,11-19,23H2,1H3,(H,24,25)/b10-9-. The van der Waals surface area contributed by atoms with Crippen LogP contribution in [0.5, 0.6) is 0 Å². The van der Waals surface area contributed by atoms with Gasteiger partial charge in [0.15, 0.2) is 0 Å². The number of carbonyl (C=O) groups is 3. The molecular formula is C22H40N2O4. The fourth-order valence-corrected chi connectivity index (χ4v) is 2.80. The smallest absolute Gasteiger partial charge is 0.333 e. The third kappa shape index (κ3) is 19.1. The highest BCUT2D eigenvalue weighted by molar-refractivity contribution is 5.89. The number of amides is 1. The Kier molecular flexibility index (Phi) is 18.8. The summed E-state index contributed by atoms with van der Waals surface area (Å²) >= 11 is 0. The molecule has 0 fully saturated rings. The van der Waals surface area contributed by atoms with Crippen molar-refractivity contribution in [1.29, 1.82) is 0 Å². The second-order valence-corrected chi connectivity index (χ2v) is 7.16. The number of carbonyl (C=O) groups excluding carboxylic acids is 3. The summed E-state index contributed by atoms with van der Waals surface area (Å²) in [5, 5.41) is 2.26. The number of rotatable bonds is 18. The Hall–Kier alpha value is -1.69. The second-order valence-electron chi connectivity index (χ2n) is 7.16. The summed E-state index contributed by atoms with van der Waals surface area (Å²) in [5.41, 5.74) is 5.09. The van der Waals surface area contributed by atoms with E-state index in [1.165, 1.54) is 51.4 Å². The minimum absolute atomic E-state index is 0.198. The molecule has 0 aliphatic carbocycles. The van der Waals surface area contributed by atoms with Gasteiger partial charge >= 0.3 is 11.9 Å². The molecule has 0 saturated carbocycles. The van der Waals surface area contributed by atoms with Gasteiger partial charge in [-0.1, -0.05) is 70.4 Å². The Balaban J connectivity index is 3.38. The van der Waals surface area contributed by atoms with E-state index < -0.39 is 17.8 Å². The molecule has 1 amide bonds. The first-order valence-corrected chi connectivity index (χ1v) is 11.0. The van der Waals surface area contributed by atoms with Crippen LogP contribution in [0.3, 0.4) is 0 Å². The van der Waals surface area contributed by atoms with Gasteiger partial charge in [0.25, 0.3) is 0 Å². The normalized spacial score (nSPS) is 10.9. The topological polar surface area (TPSA) is 98.5 Å². The van der Waals surface area contributed by atoms with E-state index in [1.54, 1.807) is 0 Å². The van der Waals surface area contributed by atoms with Gasteiger partial charge in [-0.05, 0) is 32.1 Å². The quantitative estimate of drug-likeness (QED) is 0.157. The maximum Gasteiger partial charge on any atom is 0.333 e. The molecule has 0 aromatic rings. The zero-order valence-electron chi connectivity index (χ0n) is 17.7. The number of allylic oxidation sites excluding steroid dienone is 2. The maximum absolute atomic E-state index is 11.5. The van der Waals surface area contributed by atoms with Gasteiger partial charge in [-0.25, -0.2) is 4.79 Å². The number of unbranched alkanes of at least 4 members (excludes halogenated alkanes) is 11. The molecule has 0 bridgehead atoms. The van der Waals surface area contributed by atoms with Crippen LogP contribution in [0.25, 0.3) is 0 Å². The molecule has 0 rings (SSSR count). The van der Waals surface area contributed by atoms with Crippen molar-refractivity contribution in [2.45, 2.75) is 96.8 Å². The number of hydrogen-bond donors (Lipinski definition) is 2. The lowest BCUT2D eigenvalue weighted by molar-refractivity contribution is -0.159. The fourth-order valence-electron chi connectivity index (χ4n) is 2.80. The van der Waals surface area contributed by atoms with E-state index in [-0.39, 0.29) is 19.5 Å². The van der Waals surface area contributed by atoms with Gasteiger partial charge in [-0.3, -0.25) is 9.59 Å². The van der Waals surface area contributed by atoms with Crippen LogP contribution in [0, 0.1) is 0 Å².